The van der Waals surface area contributed by atoms with Gasteiger partial charge in [-0.1, -0.05) is 17.0 Å². The average Bonchev–Trinajstić information content (AvgIpc) is 2.96. The van der Waals surface area contributed by atoms with Crippen LogP contribution in [0.3, 0.4) is 0 Å². The standard InChI is InChI=1S/C13H11N3O3/c17-4-1-2-10-6-11(8-14-7-10)13(18)15-9-12-3-5-19-16-12/h3,5-8,17H,4,9H2,(H,15,18). The van der Waals surface area contributed by atoms with Crippen molar-refractivity contribution in [3.05, 3.63) is 47.6 Å². The number of carbonyl (C=O) groups excluding carboxylic acids is 1. The first-order valence-electron chi connectivity index (χ1n) is 5.52. The van der Waals surface area contributed by atoms with E-state index in [-0.39, 0.29) is 19.1 Å². The van der Waals surface area contributed by atoms with Crippen LogP contribution in [0.25, 0.3) is 0 Å². The number of aliphatic hydroxyl groups is 1. The summed E-state index contributed by atoms with van der Waals surface area (Å²) in [5.41, 5.74) is 1.61. The van der Waals surface area contributed by atoms with Gasteiger partial charge in [0.2, 0.25) is 0 Å². The minimum atomic E-state index is -0.275. The summed E-state index contributed by atoms with van der Waals surface area (Å²) in [4.78, 5) is 15.8. The molecule has 0 aromatic carbocycles. The van der Waals surface area contributed by atoms with E-state index in [4.69, 9.17) is 5.11 Å². The molecule has 0 saturated heterocycles. The molecular formula is C13H11N3O3. The average molecular weight is 257 g/mol. The van der Waals surface area contributed by atoms with E-state index >= 15 is 0 Å². The number of nitrogens with zero attached hydrogens (tertiary/aromatic N) is 2. The first-order valence-corrected chi connectivity index (χ1v) is 5.52. The van der Waals surface area contributed by atoms with E-state index in [2.05, 4.69) is 31.8 Å². The lowest BCUT2D eigenvalue weighted by molar-refractivity contribution is 0.0949. The Hall–Kier alpha value is -2.65. The monoisotopic (exact) mass is 257 g/mol. The Labute approximate surface area is 109 Å². The van der Waals surface area contributed by atoms with Crippen LogP contribution in [-0.4, -0.2) is 27.8 Å². The highest BCUT2D eigenvalue weighted by atomic mass is 16.5. The Morgan fingerprint density at radius 3 is 3.11 bits per heavy atom. The van der Waals surface area contributed by atoms with Crippen LogP contribution >= 0.6 is 0 Å². The number of aliphatic hydroxyl groups excluding tert-OH is 1. The third-order valence-electron chi connectivity index (χ3n) is 2.23. The van der Waals surface area contributed by atoms with Gasteiger partial charge in [0, 0.05) is 24.0 Å². The van der Waals surface area contributed by atoms with Gasteiger partial charge in [-0.3, -0.25) is 9.78 Å². The van der Waals surface area contributed by atoms with Gasteiger partial charge in [-0.25, -0.2) is 0 Å². The number of hydrogen-bond acceptors (Lipinski definition) is 5. The van der Waals surface area contributed by atoms with Crippen molar-refractivity contribution in [1.82, 2.24) is 15.5 Å². The summed E-state index contributed by atoms with van der Waals surface area (Å²) in [6.07, 6.45) is 4.41. The quantitative estimate of drug-likeness (QED) is 0.774. The highest BCUT2D eigenvalue weighted by Crippen LogP contribution is 2.02. The van der Waals surface area contributed by atoms with Crippen LogP contribution in [0.5, 0.6) is 0 Å². The molecule has 0 atom stereocenters. The molecule has 0 saturated carbocycles. The molecule has 0 radical (unpaired) electrons. The van der Waals surface area contributed by atoms with Gasteiger partial charge in [-0.05, 0) is 6.07 Å². The third kappa shape index (κ3) is 3.66. The van der Waals surface area contributed by atoms with E-state index in [0.717, 1.165) is 0 Å². The second-order valence-electron chi connectivity index (χ2n) is 3.60. The fraction of sp³-hybridized carbons (Fsp3) is 0.154. The van der Waals surface area contributed by atoms with E-state index in [1.54, 1.807) is 12.1 Å². The van der Waals surface area contributed by atoms with Gasteiger partial charge in [0.1, 0.15) is 18.6 Å². The molecule has 2 aromatic heterocycles. The first kappa shape index (κ1) is 12.8. The van der Waals surface area contributed by atoms with Crippen LogP contribution in [0.4, 0.5) is 0 Å². The summed E-state index contributed by atoms with van der Waals surface area (Å²) in [7, 11) is 0. The zero-order valence-electron chi connectivity index (χ0n) is 9.96. The van der Waals surface area contributed by atoms with E-state index in [1.807, 2.05) is 0 Å². The second kappa shape index (κ2) is 6.33. The third-order valence-corrected chi connectivity index (χ3v) is 2.23. The molecule has 19 heavy (non-hydrogen) atoms. The van der Waals surface area contributed by atoms with Gasteiger partial charge in [-0.2, -0.15) is 0 Å². The van der Waals surface area contributed by atoms with Crippen LogP contribution in [-0.2, 0) is 6.54 Å². The van der Waals surface area contributed by atoms with Crippen LogP contribution in [0.2, 0.25) is 0 Å². The van der Waals surface area contributed by atoms with Crippen molar-refractivity contribution in [3.63, 3.8) is 0 Å². The van der Waals surface area contributed by atoms with Gasteiger partial charge < -0.3 is 14.9 Å². The minimum absolute atomic E-state index is 0.234. The summed E-state index contributed by atoms with van der Waals surface area (Å²) in [5.74, 6) is 4.91. The molecule has 2 rings (SSSR count). The van der Waals surface area contributed by atoms with Crippen LogP contribution in [0, 0.1) is 11.8 Å². The molecule has 0 aliphatic rings. The summed E-state index contributed by atoms with van der Waals surface area (Å²) >= 11 is 0. The Bertz CT molecular complexity index is 612. The number of hydrogen-bond donors (Lipinski definition) is 2. The highest BCUT2D eigenvalue weighted by Gasteiger charge is 2.07. The molecule has 0 unspecified atom stereocenters. The smallest absolute Gasteiger partial charge is 0.253 e. The van der Waals surface area contributed by atoms with E-state index < -0.39 is 0 Å². The molecule has 0 aliphatic heterocycles. The number of aromatic nitrogens is 2. The minimum Gasteiger partial charge on any atom is -0.384 e. The lowest BCUT2D eigenvalue weighted by Crippen LogP contribution is -2.23. The summed E-state index contributed by atoms with van der Waals surface area (Å²) in [5, 5.41) is 15.0. The van der Waals surface area contributed by atoms with Gasteiger partial charge in [-0.15, -0.1) is 0 Å². The molecule has 0 aliphatic carbocycles. The zero-order valence-corrected chi connectivity index (χ0v) is 9.96. The van der Waals surface area contributed by atoms with Crippen LogP contribution in [0.1, 0.15) is 21.6 Å². The van der Waals surface area contributed by atoms with Crippen molar-refractivity contribution in [2.45, 2.75) is 6.54 Å². The molecule has 1 amide bonds. The Balaban J connectivity index is 2.02. The molecule has 0 fully saturated rings. The molecule has 6 heteroatoms. The van der Waals surface area contributed by atoms with Crippen molar-refractivity contribution in [1.29, 1.82) is 0 Å². The second-order valence-corrected chi connectivity index (χ2v) is 3.60. The number of rotatable bonds is 3. The van der Waals surface area contributed by atoms with E-state index in [1.165, 1.54) is 18.7 Å². The van der Waals surface area contributed by atoms with Crippen molar-refractivity contribution in [2.75, 3.05) is 6.61 Å². The summed E-state index contributed by atoms with van der Waals surface area (Å²) in [6.45, 7) is 0.0461. The predicted molar refractivity (Wildman–Crippen MR) is 65.9 cm³/mol. The Morgan fingerprint density at radius 2 is 2.37 bits per heavy atom. The number of amides is 1. The lowest BCUT2D eigenvalue weighted by Gasteiger charge is -2.02. The largest absolute Gasteiger partial charge is 0.384 e. The van der Waals surface area contributed by atoms with Crippen molar-refractivity contribution in [2.24, 2.45) is 0 Å². The molecular weight excluding hydrogens is 246 g/mol. The van der Waals surface area contributed by atoms with Gasteiger partial charge in [0.05, 0.1) is 12.1 Å². The normalized spacial score (nSPS) is 9.53. The fourth-order valence-electron chi connectivity index (χ4n) is 1.38. The van der Waals surface area contributed by atoms with Gasteiger partial charge in [0.25, 0.3) is 5.91 Å². The highest BCUT2D eigenvalue weighted by molar-refractivity contribution is 5.94. The molecule has 0 spiro atoms. The fourth-order valence-corrected chi connectivity index (χ4v) is 1.38. The number of pyridine rings is 1. The van der Waals surface area contributed by atoms with Crippen LogP contribution in [0.15, 0.2) is 35.3 Å². The topological polar surface area (TPSA) is 88.3 Å². The zero-order chi connectivity index (χ0) is 13.5. The maximum atomic E-state index is 11.9. The molecule has 6 nitrogen and oxygen atoms in total. The number of carbonyl (C=O) groups is 1. The van der Waals surface area contributed by atoms with Crippen molar-refractivity contribution < 1.29 is 14.4 Å². The maximum Gasteiger partial charge on any atom is 0.253 e. The number of nitrogens with one attached hydrogen (secondary N) is 1. The molecule has 0 bridgehead atoms. The summed E-state index contributed by atoms with van der Waals surface area (Å²) < 4.78 is 4.66. The van der Waals surface area contributed by atoms with E-state index in [0.29, 0.717) is 16.8 Å². The van der Waals surface area contributed by atoms with Gasteiger partial charge >= 0.3 is 0 Å². The molecule has 96 valence electrons. The first-order chi connectivity index (χ1) is 9.29. The predicted octanol–water partition coefficient (Wildman–Crippen LogP) is 0.343. The molecule has 2 N–H and O–H groups in total. The lowest BCUT2D eigenvalue weighted by atomic mass is 10.2. The SMILES string of the molecule is O=C(NCc1ccon1)c1cncc(C#CCO)c1. The van der Waals surface area contributed by atoms with Crippen molar-refractivity contribution in [3.8, 4) is 11.8 Å². The Kier molecular flexibility index (Phi) is 4.26. The maximum absolute atomic E-state index is 11.9. The van der Waals surface area contributed by atoms with Crippen molar-refractivity contribution >= 4 is 5.91 Å². The van der Waals surface area contributed by atoms with E-state index in [9.17, 15) is 4.79 Å². The van der Waals surface area contributed by atoms with Gasteiger partial charge in [0.15, 0.2) is 0 Å². The molecule has 2 heterocycles. The Morgan fingerprint density at radius 1 is 1.47 bits per heavy atom. The van der Waals surface area contributed by atoms with Crippen LogP contribution < -0.4 is 5.32 Å². The summed E-state index contributed by atoms with van der Waals surface area (Å²) in [6, 6.07) is 3.27. The molecule has 2 aromatic rings.